The number of sulfonamides is 1. The van der Waals surface area contributed by atoms with E-state index in [0.717, 1.165) is 25.7 Å². The summed E-state index contributed by atoms with van der Waals surface area (Å²) in [5.41, 5.74) is 0.436. The molecule has 0 spiro atoms. The van der Waals surface area contributed by atoms with Crippen LogP contribution in [0, 0.1) is 0 Å². The van der Waals surface area contributed by atoms with Gasteiger partial charge in [0, 0.05) is 24.2 Å². The molecule has 0 radical (unpaired) electrons. The molecule has 5 nitrogen and oxygen atoms in total. The van der Waals surface area contributed by atoms with Crippen LogP contribution in [0.3, 0.4) is 0 Å². The van der Waals surface area contributed by atoms with Crippen LogP contribution in [0.1, 0.15) is 56.8 Å². The van der Waals surface area contributed by atoms with E-state index in [1.165, 1.54) is 12.1 Å². The lowest BCUT2D eigenvalue weighted by Gasteiger charge is -2.28. The number of nitrogens with zero attached hydrogens (tertiary/aromatic N) is 1. The summed E-state index contributed by atoms with van der Waals surface area (Å²) in [4.78, 5) is 14.8. The van der Waals surface area contributed by atoms with Crippen molar-refractivity contribution in [1.82, 2.24) is 9.62 Å². The molecule has 1 aromatic rings. The normalized spacial score (nSPS) is 16.0. The quantitative estimate of drug-likeness (QED) is 0.867. The van der Waals surface area contributed by atoms with Gasteiger partial charge in [0.1, 0.15) is 0 Å². The molecule has 1 aliphatic rings. The van der Waals surface area contributed by atoms with Crippen molar-refractivity contribution in [2.24, 2.45) is 0 Å². The lowest BCUT2D eigenvalue weighted by atomic mass is 10.1. The molecule has 0 aliphatic heterocycles. The van der Waals surface area contributed by atoms with Crippen molar-refractivity contribution in [3.8, 4) is 0 Å². The Hall–Kier alpha value is -1.40. The van der Waals surface area contributed by atoms with Crippen molar-refractivity contribution in [1.29, 1.82) is 0 Å². The second kappa shape index (κ2) is 7.45. The first-order valence-electron chi connectivity index (χ1n) is 8.28. The third-order valence-corrected chi connectivity index (χ3v) is 5.81. The molecule has 1 amide bonds. The molecule has 6 heteroatoms. The zero-order chi connectivity index (χ0) is 17.0. The van der Waals surface area contributed by atoms with Crippen molar-refractivity contribution in [3.63, 3.8) is 0 Å². The van der Waals surface area contributed by atoms with Crippen LogP contribution in [0.15, 0.2) is 29.2 Å². The monoisotopic (exact) mass is 338 g/mol. The Morgan fingerprint density at radius 3 is 2.52 bits per heavy atom. The SMILES string of the molecule is CCN(C(=O)c1cccc(S(=O)(=O)NC(C)C)c1)C1CCCC1. The molecule has 0 atom stereocenters. The van der Waals surface area contributed by atoms with Gasteiger partial charge in [0.25, 0.3) is 5.91 Å². The molecule has 1 saturated carbocycles. The Labute approximate surface area is 139 Å². The van der Waals surface area contributed by atoms with Gasteiger partial charge in [-0.15, -0.1) is 0 Å². The molecule has 1 aliphatic carbocycles. The van der Waals surface area contributed by atoms with Gasteiger partial charge in [-0.05, 0) is 51.8 Å². The summed E-state index contributed by atoms with van der Waals surface area (Å²) >= 11 is 0. The lowest BCUT2D eigenvalue weighted by molar-refractivity contribution is 0.0693. The fraction of sp³-hybridized carbons (Fsp3) is 0.588. The number of carbonyl (C=O) groups is 1. The van der Waals surface area contributed by atoms with E-state index in [2.05, 4.69) is 4.72 Å². The fourth-order valence-electron chi connectivity index (χ4n) is 3.12. The number of hydrogen-bond donors (Lipinski definition) is 1. The summed E-state index contributed by atoms with van der Waals surface area (Å²) in [6.45, 7) is 6.15. The van der Waals surface area contributed by atoms with Gasteiger partial charge in [0.2, 0.25) is 10.0 Å². The van der Waals surface area contributed by atoms with Crippen molar-refractivity contribution >= 4 is 15.9 Å². The molecular weight excluding hydrogens is 312 g/mol. The highest BCUT2D eigenvalue weighted by molar-refractivity contribution is 7.89. The zero-order valence-corrected chi connectivity index (χ0v) is 14.9. The van der Waals surface area contributed by atoms with Crippen LogP contribution >= 0.6 is 0 Å². The highest BCUT2D eigenvalue weighted by Gasteiger charge is 2.27. The number of carbonyl (C=O) groups excluding carboxylic acids is 1. The molecule has 0 aromatic heterocycles. The third-order valence-electron chi connectivity index (χ3n) is 4.15. The van der Waals surface area contributed by atoms with E-state index in [4.69, 9.17) is 0 Å². The van der Waals surface area contributed by atoms with Gasteiger partial charge in [-0.1, -0.05) is 18.9 Å². The van der Waals surface area contributed by atoms with Crippen LogP contribution in [0.25, 0.3) is 0 Å². The minimum absolute atomic E-state index is 0.0824. The Morgan fingerprint density at radius 2 is 1.96 bits per heavy atom. The van der Waals surface area contributed by atoms with E-state index in [1.54, 1.807) is 26.0 Å². The molecular formula is C17H26N2O3S. The second-order valence-corrected chi connectivity index (χ2v) is 8.05. The summed E-state index contributed by atoms with van der Waals surface area (Å²) in [5.74, 6) is -0.0824. The van der Waals surface area contributed by atoms with E-state index in [9.17, 15) is 13.2 Å². The summed E-state index contributed by atoms with van der Waals surface area (Å²) in [5, 5.41) is 0. The van der Waals surface area contributed by atoms with Crippen LogP contribution in [0.4, 0.5) is 0 Å². The van der Waals surface area contributed by atoms with Crippen molar-refractivity contribution in [2.75, 3.05) is 6.54 Å². The fourth-order valence-corrected chi connectivity index (χ4v) is 4.42. The minimum atomic E-state index is -3.59. The summed E-state index contributed by atoms with van der Waals surface area (Å²) < 4.78 is 27.1. The van der Waals surface area contributed by atoms with Crippen molar-refractivity contribution in [3.05, 3.63) is 29.8 Å². The molecule has 0 saturated heterocycles. The van der Waals surface area contributed by atoms with E-state index < -0.39 is 10.0 Å². The molecule has 1 aromatic carbocycles. The highest BCUT2D eigenvalue weighted by atomic mass is 32.2. The first-order valence-corrected chi connectivity index (χ1v) is 9.77. The van der Waals surface area contributed by atoms with Gasteiger partial charge in [0.05, 0.1) is 4.90 Å². The largest absolute Gasteiger partial charge is 0.336 e. The average molecular weight is 338 g/mol. The maximum atomic E-state index is 12.8. The molecule has 23 heavy (non-hydrogen) atoms. The van der Waals surface area contributed by atoms with Crippen LogP contribution in [-0.2, 0) is 10.0 Å². The first-order chi connectivity index (χ1) is 10.8. The van der Waals surface area contributed by atoms with Gasteiger partial charge in [0.15, 0.2) is 0 Å². The Morgan fingerprint density at radius 1 is 1.30 bits per heavy atom. The van der Waals surface area contributed by atoms with Gasteiger partial charge >= 0.3 is 0 Å². The van der Waals surface area contributed by atoms with Crippen LogP contribution in [-0.4, -0.2) is 37.9 Å². The average Bonchev–Trinajstić information content (AvgIpc) is 3.01. The van der Waals surface area contributed by atoms with Crippen LogP contribution < -0.4 is 4.72 Å². The number of amides is 1. The van der Waals surface area contributed by atoms with Crippen molar-refractivity contribution in [2.45, 2.75) is 63.4 Å². The first kappa shape index (κ1) is 17.9. The summed E-state index contributed by atoms with van der Waals surface area (Å²) in [7, 11) is -3.59. The predicted molar refractivity (Wildman–Crippen MR) is 90.9 cm³/mol. The topological polar surface area (TPSA) is 66.5 Å². The number of rotatable bonds is 6. The van der Waals surface area contributed by atoms with Crippen LogP contribution in [0.5, 0.6) is 0 Å². The smallest absolute Gasteiger partial charge is 0.254 e. The minimum Gasteiger partial charge on any atom is -0.336 e. The number of benzene rings is 1. The Balaban J connectivity index is 2.26. The lowest BCUT2D eigenvalue weighted by Crippen LogP contribution is -2.38. The molecule has 0 unspecified atom stereocenters. The third kappa shape index (κ3) is 4.32. The summed E-state index contributed by atoms with van der Waals surface area (Å²) in [6, 6.07) is 6.41. The maximum absolute atomic E-state index is 12.8. The Kier molecular flexibility index (Phi) is 5.81. The van der Waals surface area contributed by atoms with E-state index in [0.29, 0.717) is 12.1 Å². The van der Waals surface area contributed by atoms with Gasteiger partial charge in [-0.2, -0.15) is 0 Å². The maximum Gasteiger partial charge on any atom is 0.254 e. The van der Waals surface area contributed by atoms with Gasteiger partial charge in [-0.3, -0.25) is 4.79 Å². The zero-order valence-electron chi connectivity index (χ0n) is 14.1. The highest BCUT2D eigenvalue weighted by Crippen LogP contribution is 2.25. The van der Waals surface area contributed by atoms with Gasteiger partial charge in [-0.25, -0.2) is 13.1 Å². The van der Waals surface area contributed by atoms with Crippen LogP contribution in [0.2, 0.25) is 0 Å². The van der Waals surface area contributed by atoms with E-state index in [-0.39, 0.29) is 22.9 Å². The molecule has 1 N–H and O–H groups in total. The van der Waals surface area contributed by atoms with E-state index in [1.807, 2.05) is 11.8 Å². The molecule has 128 valence electrons. The standard InChI is InChI=1S/C17H26N2O3S/c1-4-19(15-9-5-6-10-15)17(20)14-8-7-11-16(12-14)23(21,22)18-13(2)3/h7-8,11-13,15,18H,4-6,9-10H2,1-3H3. The number of hydrogen-bond acceptors (Lipinski definition) is 3. The number of nitrogens with one attached hydrogen (secondary N) is 1. The predicted octanol–water partition coefficient (Wildman–Crippen LogP) is 2.78. The van der Waals surface area contributed by atoms with E-state index >= 15 is 0 Å². The molecule has 0 heterocycles. The van der Waals surface area contributed by atoms with Crippen molar-refractivity contribution < 1.29 is 13.2 Å². The Bertz CT molecular complexity index is 650. The molecule has 2 rings (SSSR count). The second-order valence-electron chi connectivity index (χ2n) is 6.33. The molecule has 1 fully saturated rings. The van der Waals surface area contributed by atoms with Gasteiger partial charge < -0.3 is 4.90 Å². The summed E-state index contributed by atoms with van der Waals surface area (Å²) in [6.07, 6.45) is 4.38. The molecule has 0 bridgehead atoms.